The van der Waals surface area contributed by atoms with Crippen LogP contribution in [-0.2, 0) is 0 Å². The van der Waals surface area contributed by atoms with E-state index in [-0.39, 0.29) is 0 Å². The van der Waals surface area contributed by atoms with E-state index in [4.69, 9.17) is 0 Å². The molecule has 3 rings (SSSR count). The van der Waals surface area contributed by atoms with Gasteiger partial charge in [-0.1, -0.05) is 6.07 Å². The maximum absolute atomic E-state index is 4.48. The van der Waals surface area contributed by atoms with Crippen LogP contribution in [0.4, 0.5) is 5.82 Å². The summed E-state index contributed by atoms with van der Waals surface area (Å²) >= 11 is 0. The lowest BCUT2D eigenvalue weighted by atomic mass is 10.1. The van der Waals surface area contributed by atoms with Gasteiger partial charge in [0.25, 0.3) is 0 Å². The van der Waals surface area contributed by atoms with Crippen LogP contribution < -0.4 is 5.32 Å². The van der Waals surface area contributed by atoms with Crippen molar-refractivity contribution in [3.05, 3.63) is 41.9 Å². The van der Waals surface area contributed by atoms with Crippen LogP contribution in [0.15, 0.2) is 30.7 Å². The molecule has 0 saturated heterocycles. The zero-order valence-corrected chi connectivity index (χ0v) is 12.8. The number of fused-ring (bicyclic) bond motifs is 1. The molecule has 0 amide bonds. The number of nitrogens with zero attached hydrogens (tertiary/aromatic N) is 4. The topological polar surface area (TPSA) is 55.6 Å². The number of hydrogen-bond acceptors (Lipinski definition) is 4. The van der Waals surface area contributed by atoms with Crippen molar-refractivity contribution in [3.63, 3.8) is 0 Å². The fourth-order valence-corrected chi connectivity index (χ4v) is 2.28. The molecule has 5 heteroatoms. The second-order valence-electron chi connectivity index (χ2n) is 5.58. The smallest absolute Gasteiger partial charge is 0.168 e. The molecule has 0 spiro atoms. The first-order chi connectivity index (χ1) is 10.1. The number of aryl methyl sites for hydroxylation is 2. The summed E-state index contributed by atoms with van der Waals surface area (Å²) in [5, 5.41) is 8.74. The molecule has 0 bridgehead atoms. The highest BCUT2D eigenvalue weighted by Crippen LogP contribution is 2.23. The van der Waals surface area contributed by atoms with Gasteiger partial charge in [-0.3, -0.25) is 0 Å². The normalized spacial score (nSPS) is 11.3. The van der Waals surface area contributed by atoms with Gasteiger partial charge in [0.15, 0.2) is 5.65 Å². The molecule has 0 fully saturated rings. The van der Waals surface area contributed by atoms with Crippen molar-refractivity contribution in [2.75, 3.05) is 5.32 Å². The molecular formula is C16H19N5. The van der Waals surface area contributed by atoms with Gasteiger partial charge in [-0.15, -0.1) is 0 Å². The zero-order chi connectivity index (χ0) is 15.0. The molecule has 0 radical (unpaired) electrons. The Hall–Kier alpha value is -2.43. The minimum absolute atomic E-state index is 0.313. The average Bonchev–Trinajstić information content (AvgIpc) is 2.86. The van der Waals surface area contributed by atoms with Crippen LogP contribution in [0.3, 0.4) is 0 Å². The largest absolute Gasteiger partial charge is 0.367 e. The number of anilines is 1. The molecule has 1 aromatic carbocycles. The van der Waals surface area contributed by atoms with Crippen molar-refractivity contribution in [1.82, 2.24) is 19.7 Å². The lowest BCUT2D eigenvalue weighted by Crippen LogP contribution is -2.11. The Labute approximate surface area is 124 Å². The summed E-state index contributed by atoms with van der Waals surface area (Å²) in [7, 11) is 0. The Morgan fingerprint density at radius 3 is 2.62 bits per heavy atom. The Bertz CT molecular complexity index is 788. The van der Waals surface area contributed by atoms with Crippen molar-refractivity contribution < 1.29 is 0 Å². The van der Waals surface area contributed by atoms with E-state index < -0.39 is 0 Å². The van der Waals surface area contributed by atoms with Crippen LogP contribution in [0.5, 0.6) is 0 Å². The quantitative estimate of drug-likeness (QED) is 0.800. The highest BCUT2D eigenvalue weighted by Gasteiger charge is 2.11. The van der Waals surface area contributed by atoms with Crippen molar-refractivity contribution in [2.45, 2.75) is 33.7 Å². The van der Waals surface area contributed by atoms with Gasteiger partial charge in [-0.2, -0.15) is 5.10 Å². The molecule has 0 unspecified atom stereocenters. The number of rotatable bonds is 3. The van der Waals surface area contributed by atoms with E-state index in [9.17, 15) is 0 Å². The fourth-order valence-electron chi connectivity index (χ4n) is 2.28. The Kier molecular flexibility index (Phi) is 3.33. The van der Waals surface area contributed by atoms with Crippen molar-refractivity contribution >= 4 is 16.9 Å². The number of aromatic nitrogens is 4. The third-order valence-corrected chi connectivity index (χ3v) is 3.53. The van der Waals surface area contributed by atoms with E-state index in [0.29, 0.717) is 6.04 Å². The third kappa shape index (κ3) is 2.46. The minimum atomic E-state index is 0.313. The average molecular weight is 281 g/mol. The van der Waals surface area contributed by atoms with E-state index in [1.807, 2.05) is 10.9 Å². The monoisotopic (exact) mass is 281 g/mol. The summed E-state index contributed by atoms with van der Waals surface area (Å²) in [5.74, 6) is 0.824. The van der Waals surface area contributed by atoms with Gasteiger partial charge in [-0.25, -0.2) is 14.6 Å². The molecule has 0 aliphatic rings. The lowest BCUT2D eigenvalue weighted by Gasteiger charge is -2.10. The van der Waals surface area contributed by atoms with Gasteiger partial charge in [0.05, 0.1) is 17.3 Å². The molecule has 0 atom stereocenters. The second-order valence-corrected chi connectivity index (χ2v) is 5.58. The highest BCUT2D eigenvalue weighted by atomic mass is 15.3. The lowest BCUT2D eigenvalue weighted by molar-refractivity contribution is 0.884. The minimum Gasteiger partial charge on any atom is -0.367 e. The van der Waals surface area contributed by atoms with Gasteiger partial charge in [-0.05, 0) is 51.0 Å². The molecule has 21 heavy (non-hydrogen) atoms. The maximum Gasteiger partial charge on any atom is 0.168 e. The Morgan fingerprint density at radius 2 is 1.90 bits per heavy atom. The summed E-state index contributed by atoms with van der Waals surface area (Å²) in [6.07, 6.45) is 3.39. The molecule has 2 aromatic heterocycles. The fraction of sp³-hybridized carbons (Fsp3) is 0.312. The molecule has 1 N–H and O–H groups in total. The van der Waals surface area contributed by atoms with Crippen LogP contribution in [-0.4, -0.2) is 25.8 Å². The van der Waals surface area contributed by atoms with Gasteiger partial charge < -0.3 is 5.32 Å². The second kappa shape index (κ2) is 5.16. The maximum atomic E-state index is 4.48. The zero-order valence-electron chi connectivity index (χ0n) is 12.8. The number of hydrogen-bond donors (Lipinski definition) is 1. The first-order valence-electron chi connectivity index (χ1n) is 7.09. The van der Waals surface area contributed by atoms with Crippen LogP contribution in [0.1, 0.15) is 25.0 Å². The van der Waals surface area contributed by atoms with E-state index in [1.165, 1.54) is 11.1 Å². The first kappa shape index (κ1) is 13.5. The molecule has 108 valence electrons. The molecule has 3 aromatic rings. The van der Waals surface area contributed by atoms with Crippen molar-refractivity contribution in [1.29, 1.82) is 0 Å². The molecule has 0 aliphatic carbocycles. The summed E-state index contributed by atoms with van der Waals surface area (Å²) in [6.45, 7) is 8.38. The number of nitrogens with one attached hydrogen (secondary N) is 1. The van der Waals surface area contributed by atoms with E-state index in [0.717, 1.165) is 22.5 Å². The van der Waals surface area contributed by atoms with Gasteiger partial charge >= 0.3 is 0 Å². The summed E-state index contributed by atoms with van der Waals surface area (Å²) < 4.78 is 1.86. The van der Waals surface area contributed by atoms with Crippen LogP contribution in [0.2, 0.25) is 0 Å². The van der Waals surface area contributed by atoms with Crippen LogP contribution in [0.25, 0.3) is 16.7 Å². The predicted molar refractivity (Wildman–Crippen MR) is 84.9 cm³/mol. The molecule has 5 nitrogen and oxygen atoms in total. The summed E-state index contributed by atoms with van der Waals surface area (Å²) in [4.78, 5) is 8.70. The number of benzene rings is 1. The highest BCUT2D eigenvalue weighted by molar-refractivity contribution is 5.87. The Morgan fingerprint density at radius 1 is 1.10 bits per heavy atom. The standard InChI is InChI=1S/C16H19N5/c1-10(2)20-15-14-8-19-21(16(14)18-9-17-15)13-6-5-11(3)12(4)7-13/h5-10H,1-4H3,(H,17,18,20). The van der Waals surface area contributed by atoms with Crippen LogP contribution >= 0.6 is 0 Å². The van der Waals surface area contributed by atoms with E-state index >= 15 is 0 Å². The SMILES string of the molecule is Cc1ccc(-n2ncc3c(NC(C)C)ncnc32)cc1C. The third-order valence-electron chi connectivity index (χ3n) is 3.53. The van der Waals surface area contributed by atoms with Crippen LogP contribution in [0, 0.1) is 13.8 Å². The van der Waals surface area contributed by atoms with Gasteiger partial charge in [0, 0.05) is 6.04 Å². The summed E-state index contributed by atoms with van der Waals surface area (Å²) in [5.41, 5.74) is 4.34. The predicted octanol–water partition coefficient (Wildman–Crippen LogP) is 3.25. The van der Waals surface area contributed by atoms with E-state index in [2.05, 4.69) is 66.3 Å². The molecule has 2 heterocycles. The van der Waals surface area contributed by atoms with Gasteiger partial charge in [0.1, 0.15) is 12.1 Å². The van der Waals surface area contributed by atoms with Crippen molar-refractivity contribution in [3.8, 4) is 5.69 Å². The van der Waals surface area contributed by atoms with Gasteiger partial charge in [0.2, 0.25) is 0 Å². The van der Waals surface area contributed by atoms with Crippen molar-refractivity contribution in [2.24, 2.45) is 0 Å². The van der Waals surface area contributed by atoms with E-state index in [1.54, 1.807) is 6.33 Å². The molecular weight excluding hydrogens is 262 g/mol. The molecule has 0 saturated carbocycles. The molecule has 0 aliphatic heterocycles. The first-order valence-corrected chi connectivity index (χ1v) is 7.09. The summed E-state index contributed by atoms with van der Waals surface area (Å²) in [6, 6.07) is 6.60. The Balaban J connectivity index is 2.14.